The van der Waals surface area contributed by atoms with Crippen LogP contribution < -0.4 is 20.3 Å². The van der Waals surface area contributed by atoms with Gasteiger partial charge in [-0.3, -0.25) is 19.9 Å². The molecule has 19 heteroatoms. The molecule has 3 saturated heterocycles. The van der Waals surface area contributed by atoms with Crippen molar-refractivity contribution >= 4 is 66.1 Å². The molecule has 2 atom stereocenters. The Morgan fingerprint density at radius 1 is 0.923 bits per heavy atom. The SMILES string of the molecule is O=C(NS(=O)(=O)c1ccc(NC(CCN2CCOCC2)CSc2ccccc2)c(S(=O)(=O)C(F)(F)F)c1)c1ccc(N2CCC3(C2)CN(C2NCCCC=C2c2ccc(Cl)cc2)C3)cc1. The van der Waals surface area contributed by atoms with Gasteiger partial charge in [0.2, 0.25) is 0 Å². The van der Waals surface area contributed by atoms with E-state index >= 15 is 0 Å². The van der Waals surface area contributed by atoms with E-state index in [0.717, 1.165) is 80.3 Å². The number of hydrogen-bond donors (Lipinski definition) is 3. The summed E-state index contributed by atoms with van der Waals surface area (Å²) >= 11 is 7.63. The number of amides is 1. The number of carbonyl (C=O) groups excluding carboxylic acids is 1. The summed E-state index contributed by atoms with van der Waals surface area (Å²) in [5, 5.41) is 7.43. The first-order valence-electron chi connectivity index (χ1n) is 21.6. The van der Waals surface area contributed by atoms with Gasteiger partial charge < -0.3 is 15.0 Å². The average molecular weight is 974 g/mol. The highest BCUT2D eigenvalue weighted by Crippen LogP contribution is 2.44. The van der Waals surface area contributed by atoms with E-state index in [9.17, 15) is 34.8 Å². The van der Waals surface area contributed by atoms with Crippen molar-refractivity contribution in [2.24, 2.45) is 5.41 Å². The third-order valence-electron chi connectivity index (χ3n) is 12.5. The lowest BCUT2D eigenvalue weighted by Crippen LogP contribution is -2.64. The zero-order chi connectivity index (χ0) is 45.8. The van der Waals surface area contributed by atoms with E-state index in [1.54, 1.807) is 12.1 Å². The zero-order valence-corrected chi connectivity index (χ0v) is 38.8. The van der Waals surface area contributed by atoms with Crippen molar-refractivity contribution in [3.8, 4) is 0 Å². The number of allylic oxidation sites excluding steroid dienone is 1. The molecule has 0 saturated carbocycles. The van der Waals surface area contributed by atoms with Crippen molar-refractivity contribution in [2.45, 2.75) is 58.1 Å². The van der Waals surface area contributed by atoms with E-state index in [1.807, 2.05) is 47.2 Å². The molecule has 348 valence electrons. The molecular formula is C46H52ClF3N6O6S3. The minimum Gasteiger partial charge on any atom is -0.380 e. The van der Waals surface area contributed by atoms with Gasteiger partial charge in [-0.05, 0) is 110 Å². The van der Waals surface area contributed by atoms with Gasteiger partial charge in [-0.25, -0.2) is 21.6 Å². The van der Waals surface area contributed by atoms with Gasteiger partial charge in [0, 0.05) is 84.2 Å². The van der Waals surface area contributed by atoms with Gasteiger partial charge in [-0.15, -0.1) is 11.8 Å². The Hall–Kier alpha value is -4.14. The van der Waals surface area contributed by atoms with Crippen LogP contribution in [0.5, 0.6) is 0 Å². The number of benzene rings is 4. The number of ether oxygens (including phenoxy) is 1. The summed E-state index contributed by atoms with van der Waals surface area (Å²) in [5.41, 5.74) is -2.77. The molecular weight excluding hydrogens is 921 g/mol. The van der Waals surface area contributed by atoms with Crippen LogP contribution in [0.2, 0.25) is 5.02 Å². The van der Waals surface area contributed by atoms with E-state index in [0.29, 0.717) is 56.1 Å². The number of sulfonamides is 1. The Balaban J connectivity index is 0.930. The Kier molecular flexibility index (Phi) is 14.6. The predicted molar refractivity (Wildman–Crippen MR) is 249 cm³/mol. The second-order valence-electron chi connectivity index (χ2n) is 17.0. The number of sulfone groups is 1. The molecule has 0 aromatic heterocycles. The number of hydrogen-bond acceptors (Lipinski definition) is 12. The molecule has 4 aliphatic heterocycles. The zero-order valence-electron chi connectivity index (χ0n) is 35.6. The number of likely N-dealkylation sites (tertiary alicyclic amines) is 1. The van der Waals surface area contributed by atoms with Gasteiger partial charge in [0.25, 0.3) is 25.8 Å². The highest BCUT2D eigenvalue weighted by Gasteiger charge is 2.51. The fourth-order valence-corrected chi connectivity index (χ4v) is 12.1. The maximum atomic E-state index is 14.2. The highest BCUT2D eigenvalue weighted by molar-refractivity contribution is 7.99. The molecule has 2 unspecified atom stereocenters. The minimum atomic E-state index is -6.05. The smallest absolute Gasteiger partial charge is 0.380 e. The van der Waals surface area contributed by atoms with Crippen LogP contribution in [-0.4, -0.2) is 122 Å². The van der Waals surface area contributed by atoms with Crippen molar-refractivity contribution in [1.29, 1.82) is 0 Å². The fourth-order valence-electron chi connectivity index (χ4n) is 8.97. The van der Waals surface area contributed by atoms with Gasteiger partial charge in [-0.2, -0.15) is 13.2 Å². The van der Waals surface area contributed by atoms with Gasteiger partial charge >= 0.3 is 5.51 Å². The molecule has 0 aliphatic carbocycles. The Morgan fingerprint density at radius 3 is 2.35 bits per heavy atom. The number of alkyl halides is 3. The van der Waals surface area contributed by atoms with Crippen LogP contribution in [0.3, 0.4) is 0 Å². The first-order valence-corrected chi connectivity index (χ1v) is 26.0. The summed E-state index contributed by atoms with van der Waals surface area (Å²) in [4.78, 5) is 19.1. The monoisotopic (exact) mass is 972 g/mol. The lowest BCUT2D eigenvalue weighted by Gasteiger charge is -2.52. The molecule has 0 radical (unpaired) electrons. The number of nitrogens with zero attached hydrogens (tertiary/aromatic N) is 3. The molecule has 8 rings (SSSR count). The van der Waals surface area contributed by atoms with E-state index < -0.39 is 52.8 Å². The maximum absolute atomic E-state index is 14.2. The van der Waals surface area contributed by atoms with Gasteiger partial charge in [0.15, 0.2) is 0 Å². The van der Waals surface area contributed by atoms with Crippen LogP contribution in [0.1, 0.15) is 41.6 Å². The molecule has 1 spiro atoms. The van der Waals surface area contributed by atoms with Crippen molar-refractivity contribution in [2.75, 3.05) is 81.5 Å². The van der Waals surface area contributed by atoms with Crippen LogP contribution in [-0.2, 0) is 24.6 Å². The number of nitrogens with one attached hydrogen (secondary N) is 3. The number of rotatable bonds is 15. The van der Waals surface area contributed by atoms with Crippen LogP contribution in [0, 0.1) is 5.41 Å². The molecule has 4 aromatic carbocycles. The third-order valence-corrected chi connectivity index (χ3v) is 16.7. The summed E-state index contributed by atoms with van der Waals surface area (Å²) in [5.74, 6) is -0.651. The highest BCUT2D eigenvalue weighted by atomic mass is 35.5. The third kappa shape index (κ3) is 11.2. The van der Waals surface area contributed by atoms with Crippen molar-refractivity contribution in [1.82, 2.24) is 19.8 Å². The van der Waals surface area contributed by atoms with Crippen molar-refractivity contribution in [3.63, 3.8) is 0 Å². The quantitative estimate of drug-likeness (QED) is 0.103. The second-order valence-corrected chi connectivity index (χ2v) is 22.2. The van der Waals surface area contributed by atoms with Crippen molar-refractivity contribution < 1.29 is 39.5 Å². The Labute approximate surface area is 387 Å². The Morgan fingerprint density at radius 2 is 1.65 bits per heavy atom. The number of morpholine rings is 1. The molecule has 4 aliphatic rings. The summed E-state index contributed by atoms with van der Waals surface area (Å²) in [6.07, 6.45) is 5.91. The number of carbonyl (C=O) groups is 1. The first-order chi connectivity index (χ1) is 31.1. The molecule has 0 bridgehead atoms. The summed E-state index contributed by atoms with van der Waals surface area (Å²) in [7, 11) is -10.9. The molecule has 3 fully saturated rings. The van der Waals surface area contributed by atoms with Crippen LogP contribution in [0.25, 0.3) is 5.57 Å². The van der Waals surface area contributed by atoms with E-state index in [4.69, 9.17) is 16.3 Å². The fraction of sp³-hybridized carbons (Fsp3) is 0.413. The summed E-state index contributed by atoms with van der Waals surface area (Å²) in [6.45, 7) is 7.38. The molecule has 12 nitrogen and oxygen atoms in total. The predicted octanol–water partition coefficient (Wildman–Crippen LogP) is 7.35. The molecule has 1 amide bonds. The van der Waals surface area contributed by atoms with Crippen LogP contribution in [0.15, 0.2) is 118 Å². The van der Waals surface area contributed by atoms with E-state index in [-0.39, 0.29) is 17.1 Å². The van der Waals surface area contributed by atoms with Gasteiger partial charge in [-0.1, -0.05) is 48.0 Å². The number of thioether (sulfide) groups is 1. The van der Waals surface area contributed by atoms with Crippen LogP contribution in [0.4, 0.5) is 24.5 Å². The Bertz CT molecular complexity index is 2560. The van der Waals surface area contributed by atoms with Crippen molar-refractivity contribution in [3.05, 3.63) is 119 Å². The first kappa shape index (κ1) is 47.4. The van der Waals surface area contributed by atoms with E-state index in [1.165, 1.54) is 29.5 Å². The lowest BCUT2D eigenvalue weighted by atomic mass is 9.78. The number of anilines is 2. The lowest BCUT2D eigenvalue weighted by molar-refractivity contribution is -0.0435. The molecule has 65 heavy (non-hydrogen) atoms. The largest absolute Gasteiger partial charge is 0.501 e. The van der Waals surface area contributed by atoms with E-state index in [2.05, 4.69) is 43.5 Å². The normalized spacial score (nSPS) is 20.2. The molecule has 4 aromatic rings. The minimum absolute atomic E-state index is 0.00228. The van der Waals surface area contributed by atoms with Gasteiger partial charge in [0.1, 0.15) is 4.90 Å². The summed E-state index contributed by atoms with van der Waals surface area (Å²) in [6, 6.07) is 25.7. The average Bonchev–Trinajstić information content (AvgIpc) is 3.60. The molecule has 4 heterocycles. The topological polar surface area (TPSA) is 140 Å². The maximum Gasteiger partial charge on any atom is 0.501 e. The molecule has 3 N–H and O–H groups in total. The second kappa shape index (κ2) is 20.0. The summed E-state index contributed by atoms with van der Waals surface area (Å²) < 4.78 is 103. The van der Waals surface area contributed by atoms with Crippen LogP contribution >= 0.6 is 23.4 Å². The van der Waals surface area contributed by atoms with Gasteiger partial charge in [0.05, 0.1) is 30.0 Å². The number of halogens is 4. The standard InChI is InChI=1S/C46H52ClF3N6O6S3/c47-35-13-9-33(10-14-35)40-8-4-5-21-51-43(40)56-31-45(32-56)20-23-55(30-45)37-15-11-34(12-16-37)44(57)53-65(60,61)39-17-18-41(42(28-39)64(58,59)46(48,49)50)52-36(19-22-54-24-26-62-27-25-54)29-63-38-6-2-1-3-7-38/h1-3,6-18,28,36,43,51-52H,4-5,19-27,29-32H2,(H,53,57).